The minimum absolute atomic E-state index is 0.117. The van der Waals surface area contributed by atoms with Gasteiger partial charge in [-0.05, 0) is 42.3 Å². The summed E-state index contributed by atoms with van der Waals surface area (Å²) in [4.78, 5) is 28.1. The van der Waals surface area contributed by atoms with Crippen molar-refractivity contribution in [1.82, 2.24) is 15.1 Å². The molecule has 7 nitrogen and oxygen atoms in total. The second-order valence-corrected chi connectivity index (χ2v) is 11.7. The van der Waals surface area contributed by atoms with Crippen molar-refractivity contribution in [2.45, 2.75) is 37.9 Å². The largest absolute Gasteiger partial charge is 0.385 e. The lowest BCUT2D eigenvalue weighted by molar-refractivity contribution is -0.122. The van der Waals surface area contributed by atoms with Gasteiger partial charge in [-0.1, -0.05) is 50.6 Å². The number of nitrogens with zero attached hydrogens (tertiary/aromatic N) is 3. The fourth-order valence-corrected chi connectivity index (χ4v) is 5.81. The molecule has 0 saturated carbocycles. The number of thioether (sulfide) groups is 1. The highest BCUT2D eigenvalue weighted by atomic mass is 35.5. The summed E-state index contributed by atoms with van der Waals surface area (Å²) in [5.41, 5.74) is 2.51. The van der Waals surface area contributed by atoms with E-state index in [0.29, 0.717) is 36.1 Å². The number of methoxy groups -OCH3 is 1. The van der Waals surface area contributed by atoms with Gasteiger partial charge in [-0.15, -0.1) is 11.8 Å². The molecule has 10 heteroatoms. The molecule has 1 atom stereocenters. The van der Waals surface area contributed by atoms with Crippen LogP contribution < -0.4 is 10.2 Å². The van der Waals surface area contributed by atoms with Crippen LogP contribution in [0.4, 0.5) is 10.2 Å². The van der Waals surface area contributed by atoms with Gasteiger partial charge in [-0.25, -0.2) is 9.07 Å². The molecule has 1 unspecified atom stereocenters. The van der Waals surface area contributed by atoms with Crippen LogP contribution >= 0.6 is 23.4 Å². The van der Waals surface area contributed by atoms with Crippen molar-refractivity contribution < 1.29 is 18.7 Å². The molecule has 0 spiro atoms. The molecule has 1 aliphatic rings. The predicted octanol–water partition coefficient (Wildman–Crippen LogP) is 5.28. The zero-order valence-electron chi connectivity index (χ0n) is 22.0. The minimum atomic E-state index is -0.415. The van der Waals surface area contributed by atoms with E-state index in [1.54, 1.807) is 30.0 Å². The zero-order valence-corrected chi connectivity index (χ0v) is 23.5. The number of hydrogen-bond acceptors (Lipinski definition) is 5. The van der Waals surface area contributed by atoms with Crippen LogP contribution in [0.1, 0.15) is 49.3 Å². The first-order valence-corrected chi connectivity index (χ1v) is 13.8. The summed E-state index contributed by atoms with van der Waals surface area (Å²) in [6.07, 6.45) is 0.660. The topological polar surface area (TPSA) is 76.5 Å². The number of ether oxygens (including phenoxy) is 1. The average molecular weight is 559 g/mol. The molecule has 0 fully saturated rings. The van der Waals surface area contributed by atoms with Crippen LogP contribution in [-0.2, 0) is 19.7 Å². The zero-order chi connectivity index (χ0) is 27.4. The molecule has 4 rings (SSSR count). The molecule has 1 aliphatic heterocycles. The van der Waals surface area contributed by atoms with Gasteiger partial charge in [-0.2, -0.15) is 5.10 Å². The first-order valence-electron chi connectivity index (χ1n) is 12.4. The number of anilines is 1. The van der Waals surface area contributed by atoms with Crippen molar-refractivity contribution in [3.63, 3.8) is 0 Å². The number of carbonyl (C=O) groups excluding carboxylic acids is 2. The maximum absolute atomic E-state index is 14.4. The Kier molecular flexibility index (Phi) is 8.80. The van der Waals surface area contributed by atoms with Crippen molar-refractivity contribution in [1.29, 1.82) is 0 Å². The molecule has 2 amide bonds. The third-order valence-corrected chi connectivity index (χ3v) is 7.64. The van der Waals surface area contributed by atoms with Crippen LogP contribution in [0.5, 0.6) is 0 Å². The van der Waals surface area contributed by atoms with Gasteiger partial charge < -0.3 is 10.1 Å². The van der Waals surface area contributed by atoms with E-state index in [0.717, 1.165) is 16.8 Å². The third-order valence-electron chi connectivity index (χ3n) is 6.15. The van der Waals surface area contributed by atoms with E-state index < -0.39 is 5.41 Å². The fourth-order valence-electron chi connectivity index (χ4n) is 4.44. The number of nitrogens with one attached hydrogen (secondary N) is 1. The Morgan fingerprint density at radius 2 is 2.00 bits per heavy atom. The van der Waals surface area contributed by atoms with Crippen LogP contribution in [0.2, 0.25) is 5.02 Å². The molecule has 2 aromatic carbocycles. The highest BCUT2D eigenvalue weighted by Gasteiger charge is 2.40. The Hall–Kier alpha value is -2.88. The van der Waals surface area contributed by atoms with Gasteiger partial charge in [-0.3, -0.25) is 14.5 Å². The summed E-state index contributed by atoms with van der Waals surface area (Å²) in [5.74, 6) is -0.261. The normalized spacial score (nSPS) is 15.8. The van der Waals surface area contributed by atoms with E-state index in [2.05, 4.69) is 5.32 Å². The average Bonchev–Trinajstić information content (AvgIpc) is 3.20. The van der Waals surface area contributed by atoms with Crippen molar-refractivity contribution >= 4 is 41.0 Å². The highest BCUT2D eigenvalue weighted by Crippen LogP contribution is 2.48. The number of carbonyl (C=O) groups is 2. The van der Waals surface area contributed by atoms with Gasteiger partial charge in [0.15, 0.2) is 0 Å². The van der Waals surface area contributed by atoms with Crippen LogP contribution in [-0.4, -0.2) is 54.2 Å². The first-order chi connectivity index (χ1) is 18.1. The molecule has 0 radical (unpaired) electrons. The summed E-state index contributed by atoms with van der Waals surface area (Å²) in [7, 11) is 1.61. The van der Waals surface area contributed by atoms with Crippen molar-refractivity contribution in [3.8, 4) is 5.69 Å². The molecule has 2 heterocycles. The van der Waals surface area contributed by atoms with E-state index in [1.165, 1.54) is 28.8 Å². The summed E-state index contributed by atoms with van der Waals surface area (Å²) in [6.45, 7) is 6.92. The molecule has 0 bridgehead atoms. The van der Waals surface area contributed by atoms with Gasteiger partial charge in [0, 0.05) is 36.3 Å². The van der Waals surface area contributed by atoms with Crippen LogP contribution in [0.3, 0.4) is 0 Å². The van der Waals surface area contributed by atoms with Crippen LogP contribution in [0, 0.1) is 5.82 Å². The molecular formula is C28H32ClFN4O3S. The molecule has 3 aromatic rings. The van der Waals surface area contributed by atoms with E-state index in [4.69, 9.17) is 21.4 Å². The maximum atomic E-state index is 14.4. The number of rotatable bonds is 8. The van der Waals surface area contributed by atoms with Crippen LogP contribution in [0.15, 0.2) is 48.5 Å². The second kappa shape index (κ2) is 11.9. The monoisotopic (exact) mass is 558 g/mol. The lowest BCUT2D eigenvalue weighted by atomic mass is 9.87. The van der Waals surface area contributed by atoms with Gasteiger partial charge >= 0.3 is 0 Å². The van der Waals surface area contributed by atoms with E-state index in [-0.39, 0.29) is 35.2 Å². The lowest BCUT2D eigenvalue weighted by Crippen LogP contribution is -2.42. The Labute approximate surface area is 231 Å². The Bertz CT molecular complexity index is 1320. The quantitative estimate of drug-likeness (QED) is 0.380. The van der Waals surface area contributed by atoms with Gasteiger partial charge in [0.05, 0.1) is 22.4 Å². The summed E-state index contributed by atoms with van der Waals surface area (Å²) in [5, 5.41) is 8.02. The van der Waals surface area contributed by atoms with E-state index in [1.807, 2.05) is 39.0 Å². The smallest absolute Gasteiger partial charge is 0.240 e. The SMILES string of the molecule is COCCCNC(=O)CN1C(=O)CSC(c2cccc(F)c2)c2c(C(C)(C)C)nn(-c3cccc(Cl)c3)c21. The minimum Gasteiger partial charge on any atom is -0.385 e. The Morgan fingerprint density at radius 1 is 1.24 bits per heavy atom. The van der Waals surface area contributed by atoms with Gasteiger partial charge in [0.25, 0.3) is 0 Å². The predicted molar refractivity (Wildman–Crippen MR) is 150 cm³/mol. The van der Waals surface area contributed by atoms with Crippen molar-refractivity contribution in [2.24, 2.45) is 0 Å². The lowest BCUT2D eigenvalue weighted by Gasteiger charge is -2.24. The van der Waals surface area contributed by atoms with Gasteiger partial charge in [0.1, 0.15) is 18.2 Å². The summed E-state index contributed by atoms with van der Waals surface area (Å²) in [6, 6.07) is 13.6. The molecule has 1 N–H and O–H groups in total. The third kappa shape index (κ3) is 6.22. The van der Waals surface area contributed by atoms with E-state index in [9.17, 15) is 14.0 Å². The molecule has 38 heavy (non-hydrogen) atoms. The molecule has 1 aromatic heterocycles. The fraction of sp³-hybridized carbons (Fsp3) is 0.393. The maximum Gasteiger partial charge on any atom is 0.240 e. The summed E-state index contributed by atoms with van der Waals surface area (Å²) >= 11 is 7.75. The number of amides is 2. The number of fused-ring (bicyclic) bond motifs is 1. The van der Waals surface area contributed by atoms with E-state index >= 15 is 0 Å². The number of halogens is 2. The molecule has 0 aliphatic carbocycles. The van der Waals surface area contributed by atoms with Crippen molar-refractivity contribution in [3.05, 3.63) is 76.2 Å². The Balaban J connectivity index is 1.91. The number of hydrogen-bond donors (Lipinski definition) is 1. The molecule has 0 saturated heterocycles. The standard InChI is InChI=1S/C28H32ClFN4O3S/c1-28(2,3)26-24-25(18-8-5-10-20(30)14-18)38-17-23(36)33(16-22(35)31-12-7-13-37-4)27(24)34(32-26)21-11-6-9-19(29)15-21/h5-6,8-11,14-15,25H,7,12-13,16-17H2,1-4H3,(H,31,35). The van der Waals surface area contributed by atoms with Crippen LogP contribution in [0.25, 0.3) is 5.69 Å². The highest BCUT2D eigenvalue weighted by molar-refractivity contribution is 8.00. The van der Waals surface area contributed by atoms with Gasteiger partial charge in [0.2, 0.25) is 11.8 Å². The molecule has 202 valence electrons. The Morgan fingerprint density at radius 3 is 2.68 bits per heavy atom. The first kappa shape index (κ1) is 28.1. The number of aromatic nitrogens is 2. The second-order valence-electron chi connectivity index (χ2n) is 10.1. The van der Waals surface area contributed by atoms with Crippen molar-refractivity contribution in [2.75, 3.05) is 37.5 Å². The summed E-state index contributed by atoms with van der Waals surface area (Å²) < 4.78 is 21.1. The molecular weight excluding hydrogens is 527 g/mol. The number of benzene rings is 2.